The van der Waals surface area contributed by atoms with E-state index in [0.717, 1.165) is 18.0 Å². The molecule has 0 bridgehead atoms. The third-order valence-electron chi connectivity index (χ3n) is 3.99. The van der Waals surface area contributed by atoms with Gasteiger partial charge >= 0.3 is 0 Å². The van der Waals surface area contributed by atoms with Crippen LogP contribution in [0.25, 0.3) is 0 Å². The average molecular weight is 166 g/mol. The summed E-state index contributed by atoms with van der Waals surface area (Å²) in [6.45, 7) is 3.99. The largest absolute Gasteiger partial charge is 0.312 e. The van der Waals surface area contributed by atoms with E-state index < -0.39 is 0 Å². The third-order valence-corrected chi connectivity index (χ3v) is 3.99. The zero-order valence-corrected chi connectivity index (χ0v) is 7.63. The topological polar surface area (TPSA) is 15.3 Å². The molecule has 3 saturated heterocycles. The van der Waals surface area contributed by atoms with Gasteiger partial charge in [-0.25, -0.2) is 0 Å². The Bertz CT molecular complexity index is 181. The average Bonchev–Trinajstić information content (AvgIpc) is 2.62. The van der Waals surface area contributed by atoms with Gasteiger partial charge in [-0.2, -0.15) is 0 Å². The van der Waals surface area contributed by atoms with Crippen molar-refractivity contribution in [2.24, 2.45) is 5.92 Å². The lowest BCUT2D eigenvalue weighted by Gasteiger charge is -2.31. The lowest BCUT2D eigenvalue weighted by Crippen LogP contribution is -2.37. The molecular weight excluding hydrogens is 148 g/mol. The second-order valence-electron chi connectivity index (χ2n) is 4.57. The monoisotopic (exact) mass is 166 g/mol. The fraction of sp³-hybridized carbons (Fsp3) is 1.00. The van der Waals surface area contributed by atoms with Crippen LogP contribution in [-0.2, 0) is 0 Å². The lowest BCUT2D eigenvalue weighted by molar-refractivity contribution is 0.170. The SMILES string of the molecule is C1CCN2CC3NCCC3C2C1. The molecule has 3 aliphatic heterocycles. The second-order valence-corrected chi connectivity index (χ2v) is 4.57. The molecule has 12 heavy (non-hydrogen) atoms. The molecule has 2 nitrogen and oxygen atoms in total. The molecule has 3 heterocycles. The molecule has 0 aliphatic carbocycles. The molecule has 3 rings (SSSR count). The maximum Gasteiger partial charge on any atom is 0.0238 e. The number of nitrogens with one attached hydrogen (secondary N) is 1. The van der Waals surface area contributed by atoms with Gasteiger partial charge in [-0.3, -0.25) is 4.90 Å². The summed E-state index contributed by atoms with van der Waals surface area (Å²) in [5.41, 5.74) is 0. The minimum absolute atomic E-state index is 0.855. The zero-order valence-electron chi connectivity index (χ0n) is 7.63. The van der Waals surface area contributed by atoms with E-state index in [2.05, 4.69) is 10.2 Å². The maximum atomic E-state index is 3.63. The summed E-state index contributed by atoms with van der Waals surface area (Å²) in [4.78, 5) is 2.73. The summed E-state index contributed by atoms with van der Waals surface area (Å²) < 4.78 is 0. The Hall–Kier alpha value is -0.0800. The quantitative estimate of drug-likeness (QED) is 0.573. The van der Waals surface area contributed by atoms with Gasteiger partial charge in [-0.05, 0) is 38.3 Å². The fourth-order valence-electron chi connectivity index (χ4n) is 3.43. The van der Waals surface area contributed by atoms with Crippen molar-refractivity contribution in [1.82, 2.24) is 10.2 Å². The summed E-state index contributed by atoms with van der Waals surface area (Å²) in [6.07, 6.45) is 5.83. The van der Waals surface area contributed by atoms with Gasteiger partial charge in [0.25, 0.3) is 0 Å². The molecule has 3 fully saturated rings. The van der Waals surface area contributed by atoms with Gasteiger partial charge in [0.15, 0.2) is 0 Å². The minimum Gasteiger partial charge on any atom is -0.312 e. The molecule has 3 unspecified atom stereocenters. The Morgan fingerprint density at radius 3 is 3.17 bits per heavy atom. The van der Waals surface area contributed by atoms with E-state index in [1.54, 1.807) is 0 Å². The molecule has 0 spiro atoms. The van der Waals surface area contributed by atoms with Crippen LogP contribution in [0.2, 0.25) is 0 Å². The van der Waals surface area contributed by atoms with Crippen molar-refractivity contribution in [2.45, 2.75) is 37.8 Å². The Kier molecular flexibility index (Phi) is 1.66. The van der Waals surface area contributed by atoms with Crippen molar-refractivity contribution >= 4 is 0 Å². The molecule has 0 aromatic rings. The van der Waals surface area contributed by atoms with Crippen molar-refractivity contribution in [1.29, 1.82) is 0 Å². The molecule has 0 radical (unpaired) electrons. The minimum atomic E-state index is 0.855. The van der Waals surface area contributed by atoms with Crippen LogP contribution >= 0.6 is 0 Å². The predicted molar refractivity (Wildman–Crippen MR) is 49.1 cm³/mol. The number of piperidine rings is 1. The summed E-state index contributed by atoms with van der Waals surface area (Å²) >= 11 is 0. The Morgan fingerprint density at radius 2 is 2.17 bits per heavy atom. The van der Waals surface area contributed by atoms with E-state index in [4.69, 9.17) is 0 Å². The van der Waals surface area contributed by atoms with Gasteiger partial charge in [0, 0.05) is 18.6 Å². The molecule has 68 valence electrons. The van der Waals surface area contributed by atoms with Crippen LogP contribution in [0.1, 0.15) is 25.7 Å². The highest BCUT2D eigenvalue weighted by Gasteiger charge is 2.44. The number of hydrogen-bond acceptors (Lipinski definition) is 2. The van der Waals surface area contributed by atoms with Gasteiger partial charge in [0.2, 0.25) is 0 Å². The number of fused-ring (bicyclic) bond motifs is 3. The van der Waals surface area contributed by atoms with E-state index in [-0.39, 0.29) is 0 Å². The van der Waals surface area contributed by atoms with Gasteiger partial charge in [-0.1, -0.05) is 6.42 Å². The molecule has 0 saturated carbocycles. The van der Waals surface area contributed by atoms with Crippen molar-refractivity contribution in [3.8, 4) is 0 Å². The van der Waals surface area contributed by atoms with Crippen LogP contribution in [0, 0.1) is 5.92 Å². The number of nitrogens with zero attached hydrogens (tertiary/aromatic N) is 1. The first-order valence-corrected chi connectivity index (χ1v) is 5.42. The van der Waals surface area contributed by atoms with Gasteiger partial charge in [-0.15, -0.1) is 0 Å². The van der Waals surface area contributed by atoms with Gasteiger partial charge in [0.1, 0.15) is 0 Å². The number of rotatable bonds is 0. The van der Waals surface area contributed by atoms with E-state index >= 15 is 0 Å². The molecular formula is C10H18N2. The molecule has 2 heteroatoms. The molecule has 0 amide bonds. The van der Waals surface area contributed by atoms with Gasteiger partial charge < -0.3 is 5.32 Å². The number of hydrogen-bond donors (Lipinski definition) is 1. The van der Waals surface area contributed by atoms with Crippen LogP contribution in [0.3, 0.4) is 0 Å². The first kappa shape index (κ1) is 7.34. The van der Waals surface area contributed by atoms with E-state index in [0.29, 0.717) is 0 Å². The standard InChI is InChI=1S/C10H18N2/c1-2-6-12-7-9-8(4-5-11-9)10(12)3-1/h8-11H,1-7H2. The normalized spacial score (nSPS) is 47.5. The smallest absolute Gasteiger partial charge is 0.0238 e. The second kappa shape index (κ2) is 2.71. The van der Waals surface area contributed by atoms with Crippen molar-refractivity contribution < 1.29 is 0 Å². The van der Waals surface area contributed by atoms with Crippen molar-refractivity contribution in [3.05, 3.63) is 0 Å². The molecule has 3 atom stereocenters. The van der Waals surface area contributed by atoms with Crippen LogP contribution in [-0.4, -0.2) is 36.6 Å². The van der Waals surface area contributed by atoms with E-state index in [9.17, 15) is 0 Å². The maximum absolute atomic E-state index is 3.63. The van der Waals surface area contributed by atoms with Gasteiger partial charge in [0.05, 0.1) is 0 Å². The lowest BCUT2D eigenvalue weighted by atomic mass is 9.91. The Labute approximate surface area is 74.3 Å². The highest BCUT2D eigenvalue weighted by atomic mass is 15.2. The first-order valence-electron chi connectivity index (χ1n) is 5.42. The highest BCUT2D eigenvalue weighted by molar-refractivity contribution is 5.01. The summed E-state index contributed by atoms with van der Waals surface area (Å²) in [5.74, 6) is 1.00. The fourth-order valence-corrected chi connectivity index (χ4v) is 3.43. The van der Waals surface area contributed by atoms with Crippen LogP contribution in [0.5, 0.6) is 0 Å². The molecule has 0 aromatic heterocycles. The van der Waals surface area contributed by atoms with Crippen molar-refractivity contribution in [3.63, 3.8) is 0 Å². The van der Waals surface area contributed by atoms with Crippen LogP contribution in [0.4, 0.5) is 0 Å². The highest BCUT2D eigenvalue weighted by Crippen LogP contribution is 2.36. The van der Waals surface area contributed by atoms with Crippen LogP contribution in [0.15, 0.2) is 0 Å². The summed E-state index contributed by atoms with van der Waals surface area (Å²) in [7, 11) is 0. The predicted octanol–water partition coefficient (Wildman–Crippen LogP) is 0.833. The Balaban J connectivity index is 1.79. The summed E-state index contributed by atoms with van der Waals surface area (Å²) in [6, 6.07) is 1.81. The van der Waals surface area contributed by atoms with E-state index in [1.807, 2.05) is 0 Å². The van der Waals surface area contributed by atoms with E-state index in [1.165, 1.54) is 45.3 Å². The van der Waals surface area contributed by atoms with Crippen LogP contribution < -0.4 is 5.32 Å². The Morgan fingerprint density at radius 1 is 1.17 bits per heavy atom. The first-order chi connectivity index (χ1) is 5.95. The molecule has 1 N–H and O–H groups in total. The molecule has 3 aliphatic rings. The summed E-state index contributed by atoms with van der Waals surface area (Å²) in [5, 5.41) is 3.63. The molecule has 0 aromatic carbocycles. The zero-order chi connectivity index (χ0) is 7.97. The third kappa shape index (κ3) is 0.944. The van der Waals surface area contributed by atoms with Crippen molar-refractivity contribution in [2.75, 3.05) is 19.6 Å².